The molecule has 4 rings (SSSR count). The summed E-state index contributed by atoms with van der Waals surface area (Å²) in [5.74, 6) is 1.20. The molecular formula is C20H17FN8. The first kappa shape index (κ1) is 18.3. The van der Waals surface area contributed by atoms with Crippen LogP contribution in [-0.2, 0) is 0 Å². The monoisotopic (exact) mass is 388 g/mol. The van der Waals surface area contributed by atoms with Crippen LogP contribution in [0.2, 0.25) is 0 Å². The Balaban J connectivity index is 1.85. The quantitative estimate of drug-likeness (QED) is 0.551. The number of hydrogen-bond acceptors (Lipinski definition) is 7. The van der Waals surface area contributed by atoms with Crippen LogP contribution in [0.15, 0.2) is 42.6 Å². The van der Waals surface area contributed by atoms with Crippen LogP contribution in [0, 0.1) is 24.1 Å². The molecule has 0 amide bonds. The number of rotatable bonds is 4. The first-order valence-electron chi connectivity index (χ1n) is 8.88. The summed E-state index contributed by atoms with van der Waals surface area (Å²) in [5.41, 5.74) is 7.75. The molecule has 29 heavy (non-hydrogen) atoms. The Hall–Kier alpha value is -4.06. The van der Waals surface area contributed by atoms with Gasteiger partial charge in [-0.25, -0.2) is 19.3 Å². The zero-order valence-corrected chi connectivity index (χ0v) is 15.8. The SMILES string of the molecule is Cc1nc(N)nc(N[C@@H](C)c2nc3ccc(F)cc3n2-c2ccccn2)c1C#N. The molecule has 4 aromatic rings. The number of nitrogens with zero attached hydrogens (tertiary/aromatic N) is 6. The number of pyridine rings is 1. The summed E-state index contributed by atoms with van der Waals surface area (Å²) in [4.78, 5) is 17.2. The highest BCUT2D eigenvalue weighted by atomic mass is 19.1. The van der Waals surface area contributed by atoms with Crippen molar-refractivity contribution in [3.63, 3.8) is 0 Å². The highest BCUT2D eigenvalue weighted by molar-refractivity contribution is 5.78. The van der Waals surface area contributed by atoms with Crippen LogP contribution in [0.4, 0.5) is 16.2 Å². The van der Waals surface area contributed by atoms with Gasteiger partial charge in [-0.3, -0.25) is 4.57 Å². The van der Waals surface area contributed by atoms with Crippen LogP contribution >= 0.6 is 0 Å². The molecule has 3 heterocycles. The first-order valence-corrected chi connectivity index (χ1v) is 8.88. The number of nitrogens with one attached hydrogen (secondary N) is 1. The normalized spacial score (nSPS) is 11.9. The number of nitrogens with two attached hydrogens (primary N) is 1. The number of aryl methyl sites for hydroxylation is 1. The number of aromatic nitrogens is 5. The van der Waals surface area contributed by atoms with Crippen LogP contribution in [0.5, 0.6) is 0 Å². The summed E-state index contributed by atoms with van der Waals surface area (Å²) in [6.07, 6.45) is 1.66. The molecule has 0 aliphatic carbocycles. The average Bonchev–Trinajstić information content (AvgIpc) is 3.07. The summed E-state index contributed by atoms with van der Waals surface area (Å²) in [7, 11) is 0. The topological polar surface area (TPSA) is 118 Å². The van der Waals surface area contributed by atoms with Gasteiger partial charge in [0, 0.05) is 12.3 Å². The standard InChI is InChI=1S/C20H17FN8/c1-11-14(10-22)18(28-20(23)26-11)25-12(2)19-27-15-7-6-13(21)9-16(15)29(19)17-5-3-4-8-24-17/h3-9,12H,1-2H3,(H3,23,25,26,28)/t12-/m0/s1. The Bertz CT molecular complexity index is 1240. The minimum Gasteiger partial charge on any atom is -0.368 e. The maximum atomic E-state index is 13.9. The molecule has 0 aliphatic heterocycles. The molecule has 8 nitrogen and oxygen atoms in total. The Labute approximate surface area is 165 Å². The largest absolute Gasteiger partial charge is 0.368 e. The summed E-state index contributed by atoms with van der Waals surface area (Å²) in [6, 6.07) is 11.6. The summed E-state index contributed by atoms with van der Waals surface area (Å²) >= 11 is 0. The Morgan fingerprint density at radius 3 is 2.76 bits per heavy atom. The highest BCUT2D eigenvalue weighted by Gasteiger charge is 2.21. The van der Waals surface area contributed by atoms with Crippen molar-refractivity contribution in [2.24, 2.45) is 0 Å². The van der Waals surface area contributed by atoms with Gasteiger partial charge in [-0.05, 0) is 38.1 Å². The van der Waals surface area contributed by atoms with E-state index in [9.17, 15) is 9.65 Å². The second-order valence-corrected chi connectivity index (χ2v) is 6.50. The lowest BCUT2D eigenvalue weighted by molar-refractivity contribution is 0.629. The predicted octanol–water partition coefficient (Wildman–Crippen LogP) is 3.29. The fourth-order valence-corrected chi connectivity index (χ4v) is 3.19. The van der Waals surface area contributed by atoms with Crippen molar-refractivity contribution in [2.45, 2.75) is 19.9 Å². The van der Waals surface area contributed by atoms with Gasteiger partial charge in [0.25, 0.3) is 0 Å². The number of halogens is 1. The van der Waals surface area contributed by atoms with Crippen molar-refractivity contribution in [2.75, 3.05) is 11.1 Å². The smallest absolute Gasteiger partial charge is 0.222 e. The fourth-order valence-electron chi connectivity index (χ4n) is 3.19. The van der Waals surface area contributed by atoms with Crippen LogP contribution in [0.3, 0.4) is 0 Å². The van der Waals surface area contributed by atoms with Crippen molar-refractivity contribution in [3.8, 4) is 11.9 Å². The van der Waals surface area contributed by atoms with Gasteiger partial charge in [0.05, 0.1) is 22.8 Å². The van der Waals surface area contributed by atoms with E-state index in [1.54, 1.807) is 29.8 Å². The lowest BCUT2D eigenvalue weighted by Gasteiger charge is -2.17. The number of benzene rings is 1. The number of fused-ring (bicyclic) bond motifs is 1. The summed E-state index contributed by atoms with van der Waals surface area (Å²) in [5, 5.41) is 12.7. The molecular weight excluding hydrogens is 371 g/mol. The van der Waals surface area contributed by atoms with Crippen molar-refractivity contribution in [1.82, 2.24) is 24.5 Å². The van der Waals surface area contributed by atoms with Crippen LogP contribution in [0.25, 0.3) is 16.9 Å². The van der Waals surface area contributed by atoms with E-state index < -0.39 is 6.04 Å². The second kappa shape index (κ2) is 7.16. The molecule has 0 saturated heterocycles. The lowest BCUT2D eigenvalue weighted by atomic mass is 10.2. The van der Waals surface area contributed by atoms with Gasteiger partial charge in [-0.15, -0.1) is 0 Å². The van der Waals surface area contributed by atoms with Gasteiger partial charge in [0.15, 0.2) is 0 Å². The van der Waals surface area contributed by atoms with Crippen LogP contribution in [0.1, 0.15) is 30.0 Å². The minimum atomic E-state index is -0.395. The molecule has 0 aliphatic rings. The van der Waals surface area contributed by atoms with E-state index in [1.165, 1.54) is 12.1 Å². The molecule has 3 aromatic heterocycles. The lowest BCUT2D eigenvalue weighted by Crippen LogP contribution is -2.16. The Morgan fingerprint density at radius 1 is 1.21 bits per heavy atom. The molecule has 3 N–H and O–H groups in total. The number of anilines is 2. The third-order valence-corrected chi connectivity index (χ3v) is 4.48. The van der Waals surface area contributed by atoms with E-state index in [2.05, 4.69) is 31.3 Å². The van der Waals surface area contributed by atoms with Crippen molar-refractivity contribution in [1.29, 1.82) is 5.26 Å². The second-order valence-electron chi connectivity index (χ2n) is 6.50. The Morgan fingerprint density at radius 2 is 2.03 bits per heavy atom. The predicted molar refractivity (Wildman–Crippen MR) is 107 cm³/mol. The van der Waals surface area contributed by atoms with E-state index in [0.29, 0.717) is 39.8 Å². The van der Waals surface area contributed by atoms with E-state index >= 15 is 0 Å². The van der Waals surface area contributed by atoms with Crippen LogP contribution < -0.4 is 11.1 Å². The molecule has 144 valence electrons. The van der Waals surface area contributed by atoms with Crippen molar-refractivity contribution in [3.05, 3.63) is 65.5 Å². The van der Waals surface area contributed by atoms with Crippen LogP contribution in [-0.4, -0.2) is 24.5 Å². The van der Waals surface area contributed by atoms with E-state index in [-0.39, 0.29) is 11.8 Å². The average molecular weight is 388 g/mol. The number of imidazole rings is 1. The summed E-state index contributed by atoms with van der Waals surface area (Å²) in [6.45, 7) is 3.56. The first-order chi connectivity index (χ1) is 14.0. The molecule has 0 radical (unpaired) electrons. The maximum Gasteiger partial charge on any atom is 0.222 e. The maximum absolute atomic E-state index is 13.9. The van der Waals surface area contributed by atoms with E-state index in [0.717, 1.165) is 0 Å². The van der Waals surface area contributed by atoms with Gasteiger partial charge < -0.3 is 11.1 Å². The van der Waals surface area contributed by atoms with Gasteiger partial charge in [-0.2, -0.15) is 10.2 Å². The minimum absolute atomic E-state index is 0.0662. The van der Waals surface area contributed by atoms with E-state index in [1.807, 2.05) is 19.1 Å². The van der Waals surface area contributed by atoms with Gasteiger partial charge >= 0.3 is 0 Å². The third-order valence-electron chi connectivity index (χ3n) is 4.48. The zero-order valence-electron chi connectivity index (χ0n) is 15.8. The number of hydrogen-bond donors (Lipinski definition) is 2. The molecule has 0 spiro atoms. The molecule has 9 heteroatoms. The number of nitrogen functional groups attached to an aromatic ring is 1. The molecule has 0 fully saturated rings. The number of nitriles is 1. The van der Waals surface area contributed by atoms with Gasteiger partial charge in [-0.1, -0.05) is 6.07 Å². The molecule has 0 bridgehead atoms. The zero-order chi connectivity index (χ0) is 20.5. The molecule has 1 atom stereocenters. The summed E-state index contributed by atoms with van der Waals surface area (Å²) < 4.78 is 15.7. The molecule has 0 unspecified atom stereocenters. The van der Waals surface area contributed by atoms with E-state index in [4.69, 9.17) is 5.73 Å². The molecule has 0 saturated carbocycles. The van der Waals surface area contributed by atoms with Gasteiger partial charge in [0.1, 0.15) is 34.9 Å². The molecule has 1 aromatic carbocycles. The Kier molecular flexibility index (Phi) is 4.52. The van der Waals surface area contributed by atoms with Gasteiger partial charge in [0.2, 0.25) is 5.95 Å². The highest BCUT2D eigenvalue weighted by Crippen LogP contribution is 2.28. The van der Waals surface area contributed by atoms with Crippen molar-refractivity contribution < 1.29 is 4.39 Å². The fraction of sp³-hybridized carbons (Fsp3) is 0.150. The van der Waals surface area contributed by atoms with Crippen molar-refractivity contribution >= 4 is 22.8 Å². The third kappa shape index (κ3) is 3.32.